The molecule has 1 heterocycles. The largest absolute Gasteiger partial charge is 0.491 e. The van der Waals surface area contributed by atoms with Crippen LogP contribution in [0.15, 0.2) is 42.6 Å². The van der Waals surface area contributed by atoms with E-state index < -0.39 is 6.10 Å². The van der Waals surface area contributed by atoms with Gasteiger partial charge < -0.3 is 23.7 Å². The quantitative estimate of drug-likeness (QED) is 0.345. The normalized spacial score (nSPS) is 11.7. The van der Waals surface area contributed by atoms with Crippen LogP contribution in [-0.2, 0) is 31.8 Å². The third kappa shape index (κ3) is 8.39. The van der Waals surface area contributed by atoms with Crippen molar-refractivity contribution in [1.29, 1.82) is 0 Å². The third-order valence-electron chi connectivity index (χ3n) is 4.26. The van der Waals surface area contributed by atoms with E-state index >= 15 is 0 Å². The molecule has 2 aromatic rings. The second-order valence-electron chi connectivity index (χ2n) is 6.49. The van der Waals surface area contributed by atoms with Gasteiger partial charge in [-0.25, -0.2) is 9.78 Å². The average Bonchev–Trinajstić information content (AvgIpc) is 2.76. The van der Waals surface area contributed by atoms with Crippen molar-refractivity contribution >= 4 is 5.97 Å². The smallest absolute Gasteiger partial charge is 0.335 e. The van der Waals surface area contributed by atoms with E-state index in [1.54, 1.807) is 26.3 Å². The van der Waals surface area contributed by atoms with Gasteiger partial charge in [0, 0.05) is 38.8 Å². The molecule has 164 valence electrons. The lowest BCUT2D eigenvalue weighted by atomic mass is 10.1. The maximum Gasteiger partial charge on any atom is 0.335 e. The van der Waals surface area contributed by atoms with Gasteiger partial charge in [0.15, 0.2) is 6.10 Å². The Morgan fingerprint density at radius 1 is 0.933 bits per heavy atom. The number of carbonyl (C=O) groups excluding carboxylic acids is 1. The van der Waals surface area contributed by atoms with Gasteiger partial charge in [-0.05, 0) is 37.1 Å². The molecule has 7 nitrogen and oxygen atoms in total. The number of ether oxygens (including phenoxy) is 5. The lowest BCUT2D eigenvalue weighted by Crippen LogP contribution is -2.29. The van der Waals surface area contributed by atoms with E-state index in [0.29, 0.717) is 45.3 Å². The molecule has 0 fully saturated rings. The highest BCUT2D eigenvalue weighted by molar-refractivity contribution is 5.75. The molecule has 0 aliphatic rings. The van der Waals surface area contributed by atoms with Crippen LogP contribution < -0.4 is 9.47 Å². The molecule has 1 unspecified atom stereocenters. The summed E-state index contributed by atoms with van der Waals surface area (Å²) in [6, 6.07) is 11.6. The fourth-order valence-corrected chi connectivity index (χ4v) is 2.75. The first kappa shape index (κ1) is 23.6. The van der Waals surface area contributed by atoms with Gasteiger partial charge in [-0.3, -0.25) is 0 Å². The number of carbonyl (C=O) groups is 1. The zero-order chi connectivity index (χ0) is 21.6. The second kappa shape index (κ2) is 13.6. The van der Waals surface area contributed by atoms with Crippen LogP contribution in [0.2, 0.25) is 0 Å². The Morgan fingerprint density at radius 2 is 1.70 bits per heavy atom. The minimum absolute atomic E-state index is 0.330. The van der Waals surface area contributed by atoms with Gasteiger partial charge in [-0.15, -0.1) is 0 Å². The van der Waals surface area contributed by atoms with E-state index in [1.165, 1.54) is 0 Å². The number of pyridine rings is 1. The molecule has 0 spiro atoms. The number of methoxy groups -OCH3 is 1. The Morgan fingerprint density at radius 3 is 2.33 bits per heavy atom. The number of esters is 1. The van der Waals surface area contributed by atoms with E-state index in [1.807, 2.05) is 37.3 Å². The highest BCUT2D eigenvalue weighted by Crippen LogP contribution is 2.14. The van der Waals surface area contributed by atoms with Crippen LogP contribution in [0.25, 0.3) is 0 Å². The van der Waals surface area contributed by atoms with E-state index in [2.05, 4.69) is 4.98 Å². The van der Waals surface area contributed by atoms with E-state index in [9.17, 15) is 4.79 Å². The molecule has 0 aliphatic carbocycles. The summed E-state index contributed by atoms with van der Waals surface area (Å²) in [5, 5.41) is 0. The van der Waals surface area contributed by atoms with E-state index in [0.717, 1.165) is 23.3 Å². The molecule has 2 rings (SSSR count). The molecule has 0 N–H and O–H groups in total. The molecule has 0 saturated carbocycles. The zero-order valence-corrected chi connectivity index (χ0v) is 18.0. The number of nitrogens with zero attached hydrogens (tertiary/aromatic N) is 1. The number of rotatable bonds is 14. The fourth-order valence-electron chi connectivity index (χ4n) is 2.75. The lowest BCUT2D eigenvalue weighted by molar-refractivity contribution is -0.156. The van der Waals surface area contributed by atoms with Crippen LogP contribution in [0, 0.1) is 0 Å². The summed E-state index contributed by atoms with van der Waals surface area (Å²) < 4.78 is 26.8. The minimum atomic E-state index is -0.620. The number of hydrogen-bond donors (Lipinski definition) is 0. The summed E-state index contributed by atoms with van der Waals surface area (Å²) in [6.07, 6.45) is 2.26. The second-order valence-corrected chi connectivity index (χ2v) is 6.49. The van der Waals surface area contributed by atoms with Gasteiger partial charge >= 0.3 is 5.97 Å². The highest BCUT2D eigenvalue weighted by atomic mass is 16.6. The summed E-state index contributed by atoms with van der Waals surface area (Å²) in [5.41, 5.74) is 2.04. The fraction of sp³-hybridized carbons (Fsp3) is 0.478. The maximum atomic E-state index is 12.0. The molecular weight excluding hydrogens is 386 g/mol. The highest BCUT2D eigenvalue weighted by Gasteiger charge is 2.20. The van der Waals surface area contributed by atoms with Gasteiger partial charge in [-0.2, -0.15) is 0 Å². The third-order valence-corrected chi connectivity index (χ3v) is 4.26. The SMILES string of the molecule is CCOC(=O)C(Cc1ccc(OCCc2ccc(OCCOC)cc2)nc1)OCC. The van der Waals surface area contributed by atoms with Gasteiger partial charge in [0.1, 0.15) is 12.4 Å². The molecule has 0 radical (unpaired) electrons. The predicted molar refractivity (Wildman–Crippen MR) is 113 cm³/mol. The summed E-state index contributed by atoms with van der Waals surface area (Å²) in [6.45, 7) is 6.02. The van der Waals surface area contributed by atoms with Crippen molar-refractivity contribution in [3.8, 4) is 11.6 Å². The van der Waals surface area contributed by atoms with Crippen LogP contribution >= 0.6 is 0 Å². The van der Waals surface area contributed by atoms with Crippen LogP contribution in [0.3, 0.4) is 0 Å². The molecule has 0 aliphatic heterocycles. The van der Waals surface area contributed by atoms with Crippen LogP contribution in [0.5, 0.6) is 11.6 Å². The number of benzene rings is 1. The molecule has 0 bridgehead atoms. The monoisotopic (exact) mass is 417 g/mol. The maximum absolute atomic E-state index is 12.0. The Balaban J connectivity index is 1.78. The Bertz CT molecular complexity index is 732. The van der Waals surface area contributed by atoms with E-state index in [4.69, 9.17) is 23.7 Å². The van der Waals surface area contributed by atoms with Crippen molar-refractivity contribution in [2.24, 2.45) is 0 Å². The summed E-state index contributed by atoms with van der Waals surface area (Å²) >= 11 is 0. The van der Waals surface area contributed by atoms with Crippen molar-refractivity contribution in [3.63, 3.8) is 0 Å². The van der Waals surface area contributed by atoms with Gasteiger partial charge in [0.2, 0.25) is 5.88 Å². The standard InChI is InChI=1S/C23H31NO6/c1-4-27-21(23(25)28-5-2)16-19-8-11-22(24-17-19)30-13-12-18-6-9-20(10-7-18)29-15-14-26-3/h6-11,17,21H,4-5,12-16H2,1-3H3. The first-order chi connectivity index (χ1) is 14.7. The molecule has 1 atom stereocenters. The average molecular weight is 418 g/mol. The van der Waals surface area contributed by atoms with Gasteiger partial charge in [-0.1, -0.05) is 18.2 Å². The van der Waals surface area contributed by atoms with Crippen molar-refractivity contribution in [1.82, 2.24) is 4.98 Å². The summed E-state index contributed by atoms with van der Waals surface area (Å²) in [5.74, 6) is 1.01. The van der Waals surface area contributed by atoms with Crippen LogP contribution in [0.1, 0.15) is 25.0 Å². The van der Waals surface area contributed by atoms with Crippen molar-refractivity contribution < 1.29 is 28.5 Å². The first-order valence-electron chi connectivity index (χ1n) is 10.2. The molecule has 0 amide bonds. The lowest BCUT2D eigenvalue weighted by Gasteiger charge is -2.15. The Kier molecular flexibility index (Phi) is 10.7. The number of aromatic nitrogens is 1. The van der Waals surface area contributed by atoms with E-state index in [-0.39, 0.29) is 5.97 Å². The first-order valence-corrected chi connectivity index (χ1v) is 10.2. The molecule has 0 saturated heterocycles. The Hall–Kier alpha value is -2.64. The topological polar surface area (TPSA) is 76.1 Å². The Labute approximate surface area is 178 Å². The molecule has 30 heavy (non-hydrogen) atoms. The molecular formula is C23H31NO6. The van der Waals surface area contributed by atoms with Gasteiger partial charge in [0.25, 0.3) is 0 Å². The minimum Gasteiger partial charge on any atom is -0.491 e. The van der Waals surface area contributed by atoms with Crippen molar-refractivity contribution in [2.75, 3.05) is 40.1 Å². The molecule has 7 heteroatoms. The number of hydrogen-bond acceptors (Lipinski definition) is 7. The van der Waals surface area contributed by atoms with Gasteiger partial charge in [0.05, 0.1) is 19.8 Å². The van der Waals surface area contributed by atoms with Crippen LogP contribution in [-0.4, -0.2) is 57.2 Å². The molecule has 1 aromatic carbocycles. The van der Waals surface area contributed by atoms with Crippen LogP contribution in [0.4, 0.5) is 0 Å². The molecule has 1 aromatic heterocycles. The van der Waals surface area contributed by atoms with Crippen molar-refractivity contribution in [3.05, 3.63) is 53.7 Å². The zero-order valence-electron chi connectivity index (χ0n) is 18.0. The summed E-state index contributed by atoms with van der Waals surface area (Å²) in [4.78, 5) is 16.3. The summed E-state index contributed by atoms with van der Waals surface area (Å²) in [7, 11) is 1.65. The van der Waals surface area contributed by atoms with Crippen molar-refractivity contribution in [2.45, 2.75) is 32.8 Å². The predicted octanol–water partition coefficient (Wildman–Crippen LogP) is 3.24.